The summed E-state index contributed by atoms with van der Waals surface area (Å²) in [6.45, 7) is 3.70. The second-order valence-electron chi connectivity index (χ2n) is 8.53. The van der Waals surface area contributed by atoms with Crippen LogP contribution in [0, 0.1) is 12.7 Å². The molecule has 2 atom stereocenters. The van der Waals surface area contributed by atoms with Gasteiger partial charge in [-0.3, -0.25) is 4.90 Å². The van der Waals surface area contributed by atoms with E-state index in [1.54, 1.807) is 12.1 Å². The highest BCUT2D eigenvalue weighted by Gasteiger charge is 2.26. The third kappa shape index (κ3) is 6.79. The first-order chi connectivity index (χ1) is 16.5. The highest BCUT2D eigenvalue weighted by molar-refractivity contribution is 6.30. The summed E-state index contributed by atoms with van der Waals surface area (Å²) in [5.41, 5.74) is 3.70. The summed E-state index contributed by atoms with van der Waals surface area (Å²) < 4.78 is 19.1. The van der Waals surface area contributed by atoms with E-state index in [2.05, 4.69) is 10.1 Å². The highest BCUT2D eigenvalue weighted by atomic mass is 35.5. The zero-order chi connectivity index (χ0) is 23.9. The van der Waals surface area contributed by atoms with Crippen LogP contribution in [0.4, 0.5) is 4.39 Å². The Morgan fingerprint density at radius 1 is 1.15 bits per heavy atom. The highest BCUT2D eigenvalue weighted by Crippen LogP contribution is 2.21. The molecule has 3 aromatic carbocycles. The number of aliphatic hydroxyl groups is 1. The molecule has 0 bridgehead atoms. The van der Waals surface area contributed by atoms with E-state index in [0.29, 0.717) is 31.1 Å². The van der Waals surface area contributed by atoms with Crippen molar-refractivity contribution in [3.8, 4) is 5.75 Å². The minimum Gasteiger partial charge on any atom is -0.491 e. The van der Waals surface area contributed by atoms with Crippen molar-refractivity contribution < 1.29 is 19.1 Å². The number of rotatable bonds is 10. The molecular formula is C27H28ClFN2O3. The van der Waals surface area contributed by atoms with Gasteiger partial charge in [0.25, 0.3) is 0 Å². The third-order valence-corrected chi connectivity index (χ3v) is 5.90. The van der Waals surface area contributed by atoms with Gasteiger partial charge in [0, 0.05) is 31.1 Å². The molecule has 1 aliphatic heterocycles. The Morgan fingerprint density at radius 2 is 1.94 bits per heavy atom. The lowest BCUT2D eigenvalue weighted by molar-refractivity contribution is 0.0212. The van der Waals surface area contributed by atoms with Gasteiger partial charge in [0.1, 0.15) is 30.4 Å². The SMILES string of the molecule is Cc1ccccc1OC[C@@H](O)CN(Cc1cccc(Cl)c1)C[C@H]1CC(c2ccc(F)cc2)=NO1. The average molecular weight is 483 g/mol. The van der Waals surface area contributed by atoms with Crippen LogP contribution < -0.4 is 4.74 Å². The fraction of sp³-hybridized carbons (Fsp3) is 0.296. The molecule has 0 radical (unpaired) electrons. The fourth-order valence-corrected chi connectivity index (χ4v) is 4.19. The predicted molar refractivity (Wildman–Crippen MR) is 132 cm³/mol. The number of halogens is 2. The van der Waals surface area contributed by atoms with Gasteiger partial charge < -0.3 is 14.7 Å². The smallest absolute Gasteiger partial charge is 0.145 e. The molecule has 0 aliphatic carbocycles. The molecule has 0 aromatic heterocycles. The van der Waals surface area contributed by atoms with Crippen LogP contribution in [0.5, 0.6) is 5.75 Å². The Bertz CT molecular complexity index is 1120. The second-order valence-corrected chi connectivity index (χ2v) is 8.97. The first-order valence-electron chi connectivity index (χ1n) is 11.3. The normalized spacial score (nSPS) is 16.3. The lowest BCUT2D eigenvalue weighted by Crippen LogP contribution is -2.39. The monoisotopic (exact) mass is 482 g/mol. The lowest BCUT2D eigenvalue weighted by atomic mass is 10.0. The fourth-order valence-electron chi connectivity index (χ4n) is 3.98. The Kier molecular flexibility index (Phi) is 8.16. The molecule has 1 heterocycles. The first kappa shape index (κ1) is 24.2. The van der Waals surface area contributed by atoms with Crippen LogP contribution in [0.25, 0.3) is 0 Å². The van der Waals surface area contributed by atoms with Crippen molar-refractivity contribution in [1.29, 1.82) is 0 Å². The van der Waals surface area contributed by atoms with Crippen molar-refractivity contribution in [2.24, 2.45) is 5.16 Å². The van der Waals surface area contributed by atoms with E-state index in [1.807, 2.05) is 55.5 Å². The summed E-state index contributed by atoms with van der Waals surface area (Å²) in [5.74, 6) is 0.480. The molecule has 5 nitrogen and oxygen atoms in total. The second kappa shape index (κ2) is 11.5. The molecule has 4 rings (SSSR count). The van der Waals surface area contributed by atoms with Gasteiger partial charge in [-0.05, 0) is 53.9 Å². The van der Waals surface area contributed by atoms with E-state index in [4.69, 9.17) is 21.2 Å². The molecule has 7 heteroatoms. The summed E-state index contributed by atoms with van der Waals surface area (Å²) in [6.07, 6.45) is -0.269. The van der Waals surface area contributed by atoms with Crippen molar-refractivity contribution in [1.82, 2.24) is 4.90 Å². The summed E-state index contributed by atoms with van der Waals surface area (Å²) in [5, 5.41) is 15.6. The van der Waals surface area contributed by atoms with Crippen LogP contribution in [0.1, 0.15) is 23.1 Å². The maximum Gasteiger partial charge on any atom is 0.145 e. The van der Waals surface area contributed by atoms with E-state index < -0.39 is 6.10 Å². The van der Waals surface area contributed by atoms with Crippen LogP contribution in [0.15, 0.2) is 78.0 Å². The Balaban J connectivity index is 1.38. The Morgan fingerprint density at radius 3 is 2.71 bits per heavy atom. The number of nitrogens with zero attached hydrogens (tertiary/aromatic N) is 2. The summed E-state index contributed by atoms with van der Waals surface area (Å²) in [6, 6.07) is 21.7. The number of hydrogen-bond acceptors (Lipinski definition) is 5. The zero-order valence-electron chi connectivity index (χ0n) is 19.0. The molecule has 1 aliphatic rings. The molecular weight excluding hydrogens is 455 g/mol. The van der Waals surface area contributed by atoms with E-state index in [9.17, 15) is 9.50 Å². The van der Waals surface area contributed by atoms with Gasteiger partial charge in [0.15, 0.2) is 0 Å². The quantitative estimate of drug-likeness (QED) is 0.430. The topological polar surface area (TPSA) is 54.3 Å². The zero-order valence-corrected chi connectivity index (χ0v) is 19.8. The van der Waals surface area contributed by atoms with Gasteiger partial charge in [-0.25, -0.2) is 4.39 Å². The maximum absolute atomic E-state index is 13.3. The minimum absolute atomic E-state index is 0.177. The van der Waals surface area contributed by atoms with Gasteiger partial charge in [0.2, 0.25) is 0 Å². The molecule has 178 valence electrons. The van der Waals surface area contributed by atoms with Crippen LogP contribution in [0.2, 0.25) is 5.02 Å². The Labute approximate surface area is 204 Å². The number of benzene rings is 3. The molecule has 3 aromatic rings. The van der Waals surface area contributed by atoms with E-state index in [-0.39, 0.29) is 18.5 Å². The first-order valence-corrected chi connectivity index (χ1v) is 11.7. The largest absolute Gasteiger partial charge is 0.491 e. The summed E-state index contributed by atoms with van der Waals surface area (Å²) in [4.78, 5) is 7.80. The van der Waals surface area contributed by atoms with Crippen molar-refractivity contribution >= 4 is 17.3 Å². The van der Waals surface area contributed by atoms with Gasteiger partial charge in [-0.1, -0.05) is 59.2 Å². The molecule has 0 fully saturated rings. The number of ether oxygens (including phenoxy) is 1. The van der Waals surface area contributed by atoms with Crippen LogP contribution in [-0.2, 0) is 11.4 Å². The standard InChI is InChI=1S/C27H28ClFN2O3/c1-19-5-2-3-8-27(19)33-18-24(32)16-31(15-20-6-4-7-22(28)13-20)17-25-14-26(30-34-25)21-9-11-23(29)12-10-21/h2-13,24-25,32H,14-18H2,1H3/t24-,25+/m0/s1. The molecule has 0 amide bonds. The lowest BCUT2D eigenvalue weighted by Gasteiger charge is -2.27. The van der Waals surface area contributed by atoms with Crippen molar-refractivity contribution in [3.63, 3.8) is 0 Å². The number of aliphatic hydroxyl groups excluding tert-OH is 1. The van der Waals surface area contributed by atoms with Gasteiger partial charge >= 0.3 is 0 Å². The number of aryl methyl sites for hydroxylation is 1. The molecule has 34 heavy (non-hydrogen) atoms. The maximum atomic E-state index is 13.3. The van der Waals surface area contributed by atoms with Crippen LogP contribution in [-0.4, -0.2) is 47.6 Å². The van der Waals surface area contributed by atoms with Gasteiger partial charge in [0.05, 0.1) is 5.71 Å². The van der Waals surface area contributed by atoms with Crippen LogP contribution >= 0.6 is 11.6 Å². The molecule has 1 N–H and O–H groups in total. The molecule has 0 saturated carbocycles. The van der Waals surface area contributed by atoms with E-state index in [0.717, 1.165) is 28.2 Å². The van der Waals surface area contributed by atoms with Crippen molar-refractivity contribution in [2.45, 2.75) is 32.1 Å². The third-order valence-electron chi connectivity index (χ3n) is 5.66. The van der Waals surface area contributed by atoms with Gasteiger partial charge in [-0.2, -0.15) is 0 Å². The molecule has 0 saturated heterocycles. The van der Waals surface area contributed by atoms with Crippen molar-refractivity contribution in [2.75, 3.05) is 19.7 Å². The van der Waals surface area contributed by atoms with Crippen molar-refractivity contribution in [3.05, 3.63) is 100 Å². The molecule has 0 spiro atoms. The van der Waals surface area contributed by atoms with Crippen LogP contribution in [0.3, 0.4) is 0 Å². The minimum atomic E-state index is -0.697. The number of para-hydroxylation sites is 1. The summed E-state index contributed by atoms with van der Waals surface area (Å²) in [7, 11) is 0. The number of oxime groups is 1. The van der Waals surface area contributed by atoms with Gasteiger partial charge in [-0.15, -0.1) is 0 Å². The summed E-state index contributed by atoms with van der Waals surface area (Å²) >= 11 is 6.18. The molecule has 0 unspecified atom stereocenters. The predicted octanol–water partition coefficient (Wildman–Crippen LogP) is 5.22. The van der Waals surface area contributed by atoms with E-state index >= 15 is 0 Å². The number of hydrogen-bond donors (Lipinski definition) is 1. The average Bonchev–Trinajstić information content (AvgIpc) is 3.27. The van der Waals surface area contributed by atoms with E-state index in [1.165, 1.54) is 12.1 Å². The Hall–Kier alpha value is -2.93.